The molecule has 0 radical (unpaired) electrons. The number of anilines is 2. The molecule has 0 spiro atoms. The highest BCUT2D eigenvalue weighted by Crippen LogP contribution is 2.20. The van der Waals surface area contributed by atoms with E-state index >= 15 is 0 Å². The van der Waals surface area contributed by atoms with E-state index in [-0.39, 0.29) is 6.61 Å². The van der Waals surface area contributed by atoms with Crippen LogP contribution in [-0.2, 0) is 6.42 Å². The van der Waals surface area contributed by atoms with Gasteiger partial charge in [0.25, 0.3) is 0 Å². The molecule has 5 nitrogen and oxygen atoms in total. The summed E-state index contributed by atoms with van der Waals surface area (Å²) in [6, 6.07) is 0. The lowest BCUT2D eigenvalue weighted by atomic mass is 10.2. The lowest BCUT2D eigenvalue weighted by Gasteiger charge is -2.13. The molecule has 0 unspecified atom stereocenters. The number of rotatable bonds is 10. The van der Waals surface area contributed by atoms with Gasteiger partial charge in [0, 0.05) is 37.9 Å². The number of aromatic nitrogens is 2. The molecule has 20 heavy (non-hydrogen) atoms. The fourth-order valence-electron chi connectivity index (χ4n) is 1.82. The topological polar surface area (TPSA) is 70.1 Å². The molecule has 0 saturated heterocycles. The molecule has 3 N–H and O–H groups in total. The minimum absolute atomic E-state index is 0.275. The number of aliphatic hydroxyl groups is 1. The van der Waals surface area contributed by atoms with Gasteiger partial charge >= 0.3 is 0 Å². The smallest absolute Gasteiger partial charge is 0.134 e. The maximum Gasteiger partial charge on any atom is 0.134 e. The largest absolute Gasteiger partial charge is 0.396 e. The van der Waals surface area contributed by atoms with Crippen LogP contribution in [0.4, 0.5) is 11.6 Å². The van der Waals surface area contributed by atoms with Crippen LogP contribution in [0.3, 0.4) is 0 Å². The number of nitrogens with one attached hydrogen (secondary N) is 2. The second kappa shape index (κ2) is 9.83. The third-order valence-electron chi connectivity index (χ3n) is 2.89. The van der Waals surface area contributed by atoms with Crippen molar-refractivity contribution in [2.75, 3.05) is 42.3 Å². The Kier molecular flexibility index (Phi) is 8.37. The molecular formula is C14H26N4OS. The Hall–Kier alpha value is -1.01. The molecule has 1 rings (SSSR count). The van der Waals surface area contributed by atoms with Gasteiger partial charge < -0.3 is 15.7 Å². The predicted molar refractivity (Wildman–Crippen MR) is 87.8 cm³/mol. The summed E-state index contributed by atoms with van der Waals surface area (Å²) in [5.74, 6) is 4.73. The van der Waals surface area contributed by atoms with Crippen LogP contribution in [0.1, 0.15) is 31.2 Å². The monoisotopic (exact) mass is 298 g/mol. The molecule has 6 heteroatoms. The van der Waals surface area contributed by atoms with Gasteiger partial charge in [-0.25, -0.2) is 9.97 Å². The second-order valence-corrected chi connectivity index (χ2v) is 5.80. The van der Waals surface area contributed by atoms with Crippen molar-refractivity contribution in [3.8, 4) is 0 Å². The van der Waals surface area contributed by atoms with Crippen molar-refractivity contribution in [3.05, 3.63) is 11.4 Å². The molecular weight excluding hydrogens is 272 g/mol. The SMILES string of the molecule is CCCc1nc(NC)c(C)c(NCCSCCCO)n1. The van der Waals surface area contributed by atoms with Crippen molar-refractivity contribution >= 4 is 23.4 Å². The summed E-state index contributed by atoms with van der Waals surface area (Å²) in [6.45, 7) is 5.32. The Bertz CT molecular complexity index is 401. The first-order chi connectivity index (χ1) is 9.72. The molecule has 1 heterocycles. The minimum Gasteiger partial charge on any atom is -0.396 e. The number of hydrogen-bond donors (Lipinski definition) is 3. The molecule has 0 aliphatic carbocycles. The third-order valence-corrected chi connectivity index (χ3v) is 3.96. The van der Waals surface area contributed by atoms with Crippen molar-refractivity contribution < 1.29 is 5.11 Å². The summed E-state index contributed by atoms with van der Waals surface area (Å²) in [5, 5.41) is 15.2. The first-order valence-electron chi connectivity index (χ1n) is 7.20. The zero-order chi connectivity index (χ0) is 14.8. The van der Waals surface area contributed by atoms with Crippen LogP contribution in [0, 0.1) is 6.92 Å². The van der Waals surface area contributed by atoms with Crippen molar-refractivity contribution in [1.82, 2.24) is 9.97 Å². The Labute approximate surface area is 126 Å². The second-order valence-electron chi connectivity index (χ2n) is 4.58. The summed E-state index contributed by atoms with van der Waals surface area (Å²) < 4.78 is 0. The Morgan fingerprint density at radius 3 is 2.60 bits per heavy atom. The van der Waals surface area contributed by atoms with Crippen LogP contribution in [0.25, 0.3) is 0 Å². The molecule has 1 aromatic heterocycles. The van der Waals surface area contributed by atoms with Crippen LogP contribution < -0.4 is 10.6 Å². The molecule has 0 aliphatic rings. The molecule has 0 aliphatic heterocycles. The van der Waals surface area contributed by atoms with Crippen LogP contribution in [0.2, 0.25) is 0 Å². The van der Waals surface area contributed by atoms with Gasteiger partial charge in [-0.05, 0) is 25.5 Å². The molecule has 0 bridgehead atoms. The van der Waals surface area contributed by atoms with Gasteiger partial charge in [0.1, 0.15) is 17.5 Å². The number of aryl methyl sites for hydroxylation is 1. The molecule has 0 aromatic carbocycles. The fourth-order valence-corrected chi connectivity index (χ4v) is 2.61. The molecule has 0 saturated carbocycles. The fraction of sp³-hybridized carbons (Fsp3) is 0.714. The number of thioether (sulfide) groups is 1. The highest BCUT2D eigenvalue weighted by Gasteiger charge is 2.09. The molecule has 0 amide bonds. The van der Waals surface area contributed by atoms with Crippen molar-refractivity contribution in [2.24, 2.45) is 0 Å². The maximum absolute atomic E-state index is 8.72. The van der Waals surface area contributed by atoms with Gasteiger partial charge in [-0.15, -0.1) is 0 Å². The molecule has 1 aromatic rings. The van der Waals surface area contributed by atoms with Gasteiger partial charge in [0.15, 0.2) is 0 Å². The van der Waals surface area contributed by atoms with E-state index in [2.05, 4.69) is 27.5 Å². The van der Waals surface area contributed by atoms with Crippen molar-refractivity contribution in [3.63, 3.8) is 0 Å². The van der Waals surface area contributed by atoms with Crippen LogP contribution >= 0.6 is 11.8 Å². The summed E-state index contributed by atoms with van der Waals surface area (Å²) in [5.41, 5.74) is 1.06. The van der Waals surface area contributed by atoms with Crippen LogP contribution in [-0.4, -0.2) is 46.8 Å². The van der Waals surface area contributed by atoms with Gasteiger partial charge in [-0.2, -0.15) is 11.8 Å². The first-order valence-corrected chi connectivity index (χ1v) is 8.36. The zero-order valence-corrected chi connectivity index (χ0v) is 13.5. The summed E-state index contributed by atoms with van der Waals surface area (Å²) in [6.07, 6.45) is 2.80. The minimum atomic E-state index is 0.275. The quantitative estimate of drug-likeness (QED) is 0.576. The van der Waals surface area contributed by atoms with Crippen molar-refractivity contribution in [2.45, 2.75) is 33.1 Å². The number of hydrogen-bond acceptors (Lipinski definition) is 6. The van der Waals surface area contributed by atoms with E-state index in [1.54, 1.807) is 0 Å². The summed E-state index contributed by atoms with van der Waals surface area (Å²) >= 11 is 1.85. The van der Waals surface area contributed by atoms with E-state index in [4.69, 9.17) is 5.11 Å². The summed E-state index contributed by atoms with van der Waals surface area (Å²) in [4.78, 5) is 9.11. The lowest BCUT2D eigenvalue weighted by Crippen LogP contribution is -2.12. The van der Waals surface area contributed by atoms with Gasteiger partial charge in [0.2, 0.25) is 0 Å². The average Bonchev–Trinajstić information content (AvgIpc) is 2.45. The highest BCUT2D eigenvalue weighted by atomic mass is 32.2. The van der Waals surface area contributed by atoms with E-state index in [0.29, 0.717) is 0 Å². The normalized spacial score (nSPS) is 10.6. The standard InChI is InChI=1S/C14H26N4OS/c1-4-6-12-17-13(15-3)11(2)14(18-12)16-7-10-20-9-5-8-19/h19H,4-10H2,1-3H3,(H2,15,16,17,18). The molecule has 0 atom stereocenters. The number of nitrogens with zero attached hydrogens (tertiary/aromatic N) is 2. The van der Waals surface area contributed by atoms with Crippen LogP contribution in [0.15, 0.2) is 0 Å². The maximum atomic E-state index is 8.72. The predicted octanol–water partition coefficient (Wildman–Crippen LogP) is 2.31. The van der Waals surface area contributed by atoms with Gasteiger partial charge in [0.05, 0.1) is 0 Å². The lowest BCUT2D eigenvalue weighted by molar-refractivity contribution is 0.296. The zero-order valence-electron chi connectivity index (χ0n) is 12.7. The Morgan fingerprint density at radius 2 is 1.95 bits per heavy atom. The average molecular weight is 298 g/mol. The Morgan fingerprint density at radius 1 is 1.20 bits per heavy atom. The molecule has 114 valence electrons. The molecule has 0 fully saturated rings. The van der Waals surface area contributed by atoms with E-state index in [0.717, 1.165) is 60.3 Å². The number of aliphatic hydroxyl groups excluding tert-OH is 1. The Balaban J connectivity index is 2.56. The highest BCUT2D eigenvalue weighted by molar-refractivity contribution is 7.99. The van der Waals surface area contributed by atoms with Crippen LogP contribution in [0.5, 0.6) is 0 Å². The van der Waals surface area contributed by atoms with Gasteiger partial charge in [-0.3, -0.25) is 0 Å². The first kappa shape index (κ1) is 17.0. The van der Waals surface area contributed by atoms with E-state index in [1.807, 2.05) is 25.7 Å². The van der Waals surface area contributed by atoms with E-state index in [1.165, 1.54) is 0 Å². The summed E-state index contributed by atoms with van der Waals surface area (Å²) in [7, 11) is 1.89. The van der Waals surface area contributed by atoms with E-state index in [9.17, 15) is 0 Å². The third kappa shape index (κ3) is 5.54. The van der Waals surface area contributed by atoms with Gasteiger partial charge in [-0.1, -0.05) is 6.92 Å². The van der Waals surface area contributed by atoms with E-state index < -0.39 is 0 Å². The van der Waals surface area contributed by atoms with Crippen molar-refractivity contribution in [1.29, 1.82) is 0 Å².